The molecule has 7 nitrogen and oxygen atoms in total. The highest BCUT2D eigenvalue weighted by molar-refractivity contribution is 5.98. The van der Waals surface area contributed by atoms with Gasteiger partial charge in [-0.25, -0.2) is 4.79 Å². The molecule has 0 aliphatic carbocycles. The van der Waals surface area contributed by atoms with E-state index in [1.807, 2.05) is 6.07 Å². The molecule has 0 radical (unpaired) electrons. The number of carbonyl (C=O) groups is 2. The number of terminal acetylenes is 1. The van der Waals surface area contributed by atoms with Crippen LogP contribution in [0.1, 0.15) is 35.2 Å². The van der Waals surface area contributed by atoms with Crippen LogP contribution >= 0.6 is 0 Å². The Morgan fingerprint density at radius 2 is 2.22 bits per heavy atom. The molecule has 2 aliphatic heterocycles. The van der Waals surface area contributed by atoms with Gasteiger partial charge in [0.05, 0.1) is 0 Å². The van der Waals surface area contributed by atoms with Crippen molar-refractivity contribution in [1.29, 1.82) is 0 Å². The molecule has 118 valence electrons. The molecule has 0 saturated heterocycles. The zero-order chi connectivity index (χ0) is 16.3. The van der Waals surface area contributed by atoms with E-state index < -0.39 is 5.66 Å². The Hall–Kier alpha value is -2.88. The summed E-state index contributed by atoms with van der Waals surface area (Å²) in [5.74, 6) is 2.39. The maximum absolute atomic E-state index is 12.2. The van der Waals surface area contributed by atoms with Crippen LogP contribution in [0.3, 0.4) is 0 Å². The molecule has 7 heteroatoms. The number of benzene rings is 1. The van der Waals surface area contributed by atoms with E-state index in [0.717, 1.165) is 12.0 Å². The molecule has 23 heavy (non-hydrogen) atoms. The van der Waals surface area contributed by atoms with Gasteiger partial charge in [0.25, 0.3) is 5.91 Å². The number of hydrogen-bond donors (Lipinski definition) is 3. The number of nitrogens with one attached hydrogen (secondary N) is 3. The number of hydrogen-bond acceptors (Lipinski definition) is 4. The average Bonchev–Trinajstić information content (AvgIpc) is 3.32. The first-order valence-electron chi connectivity index (χ1n) is 7.45. The zero-order valence-electron chi connectivity index (χ0n) is 12.6. The van der Waals surface area contributed by atoms with E-state index >= 15 is 0 Å². The number of fused-ring (bicyclic) bond motifs is 1. The summed E-state index contributed by atoms with van der Waals surface area (Å²) < 4.78 is 0. The highest BCUT2D eigenvalue weighted by Crippen LogP contribution is 2.36. The molecular weight excluding hydrogens is 294 g/mol. The van der Waals surface area contributed by atoms with Crippen LogP contribution in [-0.2, 0) is 6.54 Å². The van der Waals surface area contributed by atoms with E-state index in [2.05, 4.69) is 32.1 Å². The van der Waals surface area contributed by atoms with Crippen LogP contribution < -0.4 is 16.0 Å². The van der Waals surface area contributed by atoms with Gasteiger partial charge in [-0.2, -0.15) is 10.2 Å². The van der Waals surface area contributed by atoms with Gasteiger partial charge in [0, 0.05) is 43.6 Å². The molecule has 3 rings (SSSR count). The third-order valence-corrected chi connectivity index (χ3v) is 3.92. The first-order chi connectivity index (χ1) is 11.1. The van der Waals surface area contributed by atoms with Crippen molar-refractivity contribution in [3.8, 4) is 12.3 Å². The number of rotatable bonds is 6. The topological polar surface area (TPSA) is 95.0 Å². The summed E-state index contributed by atoms with van der Waals surface area (Å²) in [5.41, 5.74) is 1.73. The van der Waals surface area contributed by atoms with Crippen LogP contribution in [0.5, 0.6) is 0 Å². The Bertz CT molecular complexity index is 714. The van der Waals surface area contributed by atoms with E-state index in [-0.39, 0.29) is 11.9 Å². The van der Waals surface area contributed by atoms with Gasteiger partial charge in [-0.3, -0.25) is 4.79 Å². The van der Waals surface area contributed by atoms with Crippen LogP contribution in [0.2, 0.25) is 0 Å². The molecule has 0 aromatic heterocycles. The Morgan fingerprint density at radius 3 is 2.96 bits per heavy atom. The Labute approximate surface area is 133 Å². The summed E-state index contributed by atoms with van der Waals surface area (Å²) >= 11 is 0. The van der Waals surface area contributed by atoms with Crippen LogP contribution in [0, 0.1) is 12.3 Å². The van der Waals surface area contributed by atoms with Crippen LogP contribution in [-0.4, -0.2) is 24.1 Å². The van der Waals surface area contributed by atoms with Crippen molar-refractivity contribution < 1.29 is 9.59 Å². The average molecular weight is 311 g/mol. The first kappa shape index (κ1) is 15.0. The van der Waals surface area contributed by atoms with Crippen molar-refractivity contribution >= 4 is 17.6 Å². The lowest BCUT2D eigenvalue weighted by molar-refractivity contribution is 0.0952. The molecule has 0 atom stereocenters. The molecule has 0 bridgehead atoms. The summed E-state index contributed by atoms with van der Waals surface area (Å²) in [5, 5.41) is 16.3. The largest absolute Gasteiger partial charge is 0.352 e. The van der Waals surface area contributed by atoms with Crippen molar-refractivity contribution in [1.82, 2.24) is 10.6 Å². The predicted molar refractivity (Wildman–Crippen MR) is 84.9 cm³/mol. The quantitative estimate of drug-likeness (QED) is 0.701. The molecule has 0 unspecified atom stereocenters. The van der Waals surface area contributed by atoms with Gasteiger partial charge in [0.15, 0.2) is 5.66 Å². The van der Waals surface area contributed by atoms with Crippen molar-refractivity contribution in [3.63, 3.8) is 0 Å². The molecular formula is C16H17N5O2. The van der Waals surface area contributed by atoms with Gasteiger partial charge in [-0.05, 0) is 17.7 Å². The minimum atomic E-state index is -0.394. The standard InChI is InChI=1S/C16H17N5O2/c1-2-3-6-16(20-21-16)7-8-17-14(22)11-4-5-12-10-18-15(23)19-13(12)9-11/h1,4-5,9H,3,6-8,10H2,(H,17,22)(H2,18,19,23). The highest BCUT2D eigenvalue weighted by Gasteiger charge is 2.38. The predicted octanol–water partition coefficient (Wildman–Crippen LogP) is 2.02. The molecule has 1 aromatic rings. The van der Waals surface area contributed by atoms with Gasteiger partial charge in [-0.15, -0.1) is 12.3 Å². The first-order valence-corrected chi connectivity index (χ1v) is 7.45. The van der Waals surface area contributed by atoms with Crippen molar-refractivity contribution in [2.75, 3.05) is 11.9 Å². The number of amides is 3. The summed E-state index contributed by atoms with van der Waals surface area (Å²) in [6, 6.07) is 5.00. The van der Waals surface area contributed by atoms with Crippen molar-refractivity contribution in [2.45, 2.75) is 31.5 Å². The van der Waals surface area contributed by atoms with E-state index in [1.54, 1.807) is 12.1 Å². The second kappa shape index (κ2) is 6.08. The molecule has 0 saturated carbocycles. The second-order valence-corrected chi connectivity index (χ2v) is 5.57. The molecule has 3 amide bonds. The lowest BCUT2D eigenvalue weighted by atomic mass is 10.0. The minimum absolute atomic E-state index is 0.187. The maximum Gasteiger partial charge on any atom is 0.319 e. The lowest BCUT2D eigenvalue weighted by Crippen LogP contribution is -2.34. The lowest BCUT2D eigenvalue weighted by Gasteiger charge is -2.19. The molecule has 2 heterocycles. The van der Waals surface area contributed by atoms with Crippen LogP contribution in [0.15, 0.2) is 28.4 Å². The second-order valence-electron chi connectivity index (χ2n) is 5.57. The van der Waals surface area contributed by atoms with Gasteiger partial charge in [0.2, 0.25) is 0 Å². The third kappa shape index (κ3) is 3.48. The zero-order valence-corrected chi connectivity index (χ0v) is 12.6. The van der Waals surface area contributed by atoms with Gasteiger partial charge >= 0.3 is 6.03 Å². The molecule has 2 aliphatic rings. The SMILES string of the molecule is C#CCCC1(CCNC(=O)c2ccc3c(c2)NC(=O)NC3)N=N1. The summed E-state index contributed by atoms with van der Waals surface area (Å²) in [4.78, 5) is 23.5. The fourth-order valence-corrected chi connectivity index (χ4v) is 2.48. The van der Waals surface area contributed by atoms with Gasteiger partial charge in [0.1, 0.15) is 0 Å². The Kier molecular flexibility index (Phi) is 3.98. The third-order valence-electron chi connectivity index (χ3n) is 3.92. The number of urea groups is 1. The highest BCUT2D eigenvalue weighted by atomic mass is 16.2. The summed E-state index contributed by atoms with van der Waals surface area (Å²) in [7, 11) is 0. The number of anilines is 1. The van der Waals surface area contributed by atoms with Crippen LogP contribution in [0.25, 0.3) is 0 Å². The number of carbonyl (C=O) groups excluding carboxylic acids is 2. The summed E-state index contributed by atoms with van der Waals surface area (Å²) in [6.07, 6.45) is 7.23. The normalized spacial score (nSPS) is 16.6. The Morgan fingerprint density at radius 1 is 1.39 bits per heavy atom. The fourth-order valence-electron chi connectivity index (χ4n) is 2.48. The van der Waals surface area contributed by atoms with E-state index in [9.17, 15) is 9.59 Å². The minimum Gasteiger partial charge on any atom is -0.352 e. The maximum atomic E-state index is 12.2. The Balaban J connectivity index is 1.54. The van der Waals surface area contributed by atoms with Gasteiger partial charge in [-0.1, -0.05) is 6.07 Å². The molecule has 0 spiro atoms. The molecule has 3 N–H and O–H groups in total. The van der Waals surface area contributed by atoms with Crippen LogP contribution in [0.4, 0.5) is 10.5 Å². The molecule has 0 fully saturated rings. The van der Waals surface area contributed by atoms with Crippen molar-refractivity contribution in [3.05, 3.63) is 29.3 Å². The number of nitrogens with zero attached hydrogens (tertiary/aromatic N) is 2. The smallest absolute Gasteiger partial charge is 0.319 e. The van der Waals surface area contributed by atoms with Gasteiger partial charge < -0.3 is 16.0 Å². The monoisotopic (exact) mass is 311 g/mol. The van der Waals surface area contributed by atoms with Crippen molar-refractivity contribution in [2.24, 2.45) is 10.2 Å². The van der Waals surface area contributed by atoms with E-state index in [0.29, 0.717) is 37.2 Å². The molecule has 1 aromatic carbocycles. The van der Waals surface area contributed by atoms with E-state index in [4.69, 9.17) is 6.42 Å². The summed E-state index contributed by atoms with van der Waals surface area (Å²) in [6.45, 7) is 0.936. The van der Waals surface area contributed by atoms with E-state index in [1.165, 1.54) is 0 Å². The fraction of sp³-hybridized carbons (Fsp3) is 0.375.